The summed E-state index contributed by atoms with van der Waals surface area (Å²) in [4.78, 5) is 2.25. The van der Waals surface area contributed by atoms with Gasteiger partial charge in [0, 0.05) is 19.6 Å². The second-order valence-corrected chi connectivity index (χ2v) is 2.61. The van der Waals surface area contributed by atoms with Crippen LogP contribution in [0.2, 0.25) is 0 Å². The smallest absolute Gasteiger partial charge is 0.0679 e. The topological polar surface area (TPSA) is 23.5 Å². The Kier molecular flexibility index (Phi) is 2.49. The zero-order chi connectivity index (χ0) is 6.69. The second-order valence-electron chi connectivity index (χ2n) is 2.61. The minimum Gasteiger partial charge on any atom is -0.392 e. The molecule has 1 radical (unpaired) electrons. The molecule has 0 aromatic heterocycles. The zero-order valence-corrected chi connectivity index (χ0v) is 5.88. The zero-order valence-electron chi connectivity index (χ0n) is 5.88. The van der Waals surface area contributed by atoms with Gasteiger partial charge in [-0.25, -0.2) is 0 Å². The fourth-order valence-corrected chi connectivity index (χ4v) is 1.24. The van der Waals surface area contributed by atoms with E-state index in [-0.39, 0.29) is 6.10 Å². The molecule has 53 valence electrons. The van der Waals surface area contributed by atoms with Crippen molar-refractivity contribution in [1.82, 2.24) is 4.90 Å². The van der Waals surface area contributed by atoms with Crippen LogP contribution in [0.5, 0.6) is 0 Å². The molecule has 1 saturated heterocycles. The van der Waals surface area contributed by atoms with E-state index in [9.17, 15) is 0 Å². The van der Waals surface area contributed by atoms with Gasteiger partial charge in [0.05, 0.1) is 6.10 Å². The highest BCUT2D eigenvalue weighted by molar-refractivity contribution is 4.77. The minimum atomic E-state index is -0.0649. The van der Waals surface area contributed by atoms with Gasteiger partial charge in [-0.3, -0.25) is 0 Å². The van der Waals surface area contributed by atoms with Gasteiger partial charge in [-0.05, 0) is 12.8 Å². The highest BCUT2D eigenvalue weighted by atomic mass is 16.3. The molecule has 1 atom stereocenters. The lowest BCUT2D eigenvalue weighted by Crippen LogP contribution is -2.22. The summed E-state index contributed by atoms with van der Waals surface area (Å²) in [6.07, 6.45) is 3.01. The molecule has 1 aliphatic rings. The summed E-state index contributed by atoms with van der Waals surface area (Å²) in [5, 5.41) is 9.07. The largest absolute Gasteiger partial charge is 0.392 e. The Hall–Kier alpha value is -0.0800. The third kappa shape index (κ3) is 1.95. The molecule has 1 heterocycles. The first-order valence-electron chi connectivity index (χ1n) is 3.51. The number of hydrogen-bond donors (Lipinski definition) is 1. The Bertz CT molecular complexity index is 83.0. The van der Waals surface area contributed by atoms with Crippen molar-refractivity contribution in [1.29, 1.82) is 0 Å². The summed E-state index contributed by atoms with van der Waals surface area (Å²) in [5.41, 5.74) is 0. The van der Waals surface area contributed by atoms with Crippen LogP contribution in [-0.4, -0.2) is 35.7 Å². The van der Waals surface area contributed by atoms with E-state index in [0.29, 0.717) is 0 Å². The number of rotatable bonds is 2. The van der Waals surface area contributed by atoms with Crippen molar-refractivity contribution in [3.8, 4) is 0 Å². The molecule has 0 aromatic carbocycles. The van der Waals surface area contributed by atoms with E-state index in [1.54, 1.807) is 0 Å². The molecule has 1 N–H and O–H groups in total. The SMILES string of the molecule is C[CH]CN1CCC(O)C1. The minimum absolute atomic E-state index is 0.0649. The Labute approximate surface area is 56.5 Å². The van der Waals surface area contributed by atoms with E-state index in [2.05, 4.69) is 11.3 Å². The lowest BCUT2D eigenvalue weighted by molar-refractivity contribution is 0.179. The lowest BCUT2D eigenvalue weighted by atomic mass is 10.3. The molecule has 0 aromatic rings. The van der Waals surface area contributed by atoms with Crippen LogP contribution in [0.3, 0.4) is 0 Å². The molecule has 0 saturated carbocycles. The van der Waals surface area contributed by atoms with Gasteiger partial charge < -0.3 is 10.0 Å². The standard InChI is InChI=1S/C7H14NO/c1-2-4-8-5-3-7(9)6-8/h2,7,9H,3-6H2,1H3. The predicted molar refractivity (Wildman–Crippen MR) is 37.0 cm³/mol. The van der Waals surface area contributed by atoms with Crippen LogP contribution < -0.4 is 0 Å². The first-order valence-corrected chi connectivity index (χ1v) is 3.51. The number of β-amino-alcohol motifs (C(OH)–C–C–N with tert-alkyl or cyclic N) is 1. The van der Waals surface area contributed by atoms with E-state index >= 15 is 0 Å². The van der Waals surface area contributed by atoms with Gasteiger partial charge in [0.15, 0.2) is 0 Å². The maximum Gasteiger partial charge on any atom is 0.0679 e. The molecule has 0 aliphatic carbocycles. The van der Waals surface area contributed by atoms with Crippen LogP contribution in [0.15, 0.2) is 0 Å². The summed E-state index contributed by atoms with van der Waals surface area (Å²) in [6, 6.07) is 0. The summed E-state index contributed by atoms with van der Waals surface area (Å²) < 4.78 is 0. The average Bonchev–Trinajstić information content (AvgIpc) is 2.17. The number of likely N-dealkylation sites (tertiary alicyclic amines) is 1. The Morgan fingerprint density at radius 1 is 1.78 bits per heavy atom. The molecule has 2 heteroatoms. The summed E-state index contributed by atoms with van der Waals surface area (Å²) in [7, 11) is 0. The van der Waals surface area contributed by atoms with Gasteiger partial charge in [-0.2, -0.15) is 0 Å². The Morgan fingerprint density at radius 3 is 3.00 bits per heavy atom. The summed E-state index contributed by atoms with van der Waals surface area (Å²) in [6.45, 7) is 5.00. The summed E-state index contributed by atoms with van der Waals surface area (Å²) in [5.74, 6) is 0. The summed E-state index contributed by atoms with van der Waals surface area (Å²) >= 11 is 0. The number of aliphatic hydroxyl groups excluding tert-OH is 1. The molecule has 9 heavy (non-hydrogen) atoms. The Morgan fingerprint density at radius 2 is 2.56 bits per heavy atom. The first kappa shape index (κ1) is 7.03. The first-order chi connectivity index (χ1) is 4.33. The average molecular weight is 128 g/mol. The molecule has 2 nitrogen and oxygen atoms in total. The van der Waals surface area contributed by atoms with Gasteiger partial charge in [-0.1, -0.05) is 6.92 Å². The van der Waals surface area contributed by atoms with Crippen LogP contribution >= 0.6 is 0 Å². The molecule has 1 aliphatic heterocycles. The quantitative estimate of drug-likeness (QED) is 0.577. The van der Waals surface area contributed by atoms with Gasteiger partial charge in [-0.15, -0.1) is 0 Å². The predicted octanol–water partition coefficient (Wildman–Crippen LogP) is 0.277. The lowest BCUT2D eigenvalue weighted by Gasteiger charge is -2.11. The molecular formula is C7H14NO. The normalized spacial score (nSPS) is 29.3. The molecule has 0 spiro atoms. The van der Waals surface area contributed by atoms with Crippen LogP contribution in [0.1, 0.15) is 13.3 Å². The third-order valence-corrected chi connectivity index (χ3v) is 1.69. The highest BCUT2D eigenvalue weighted by Gasteiger charge is 2.18. The van der Waals surface area contributed by atoms with E-state index in [1.807, 2.05) is 6.92 Å². The fourth-order valence-electron chi connectivity index (χ4n) is 1.24. The second kappa shape index (κ2) is 3.18. The van der Waals surface area contributed by atoms with Crippen molar-refractivity contribution < 1.29 is 5.11 Å². The molecular weight excluding hydrogens is 114 g/mol. The molecule has 0 bridgehead atoms. The van der Waals surface area contributed by atoms with E-state index in [4.69, 9.17) is 5.11 Å². The maximum absolute atomic E-state index is 9.07. The van der Waals surface area contributed by atoms with Crippen molar-refractivity contribution in [2.75, 3.05) is 19.6 Å². The van der Waals surface area contributed by atoms with Crippen molar-refractivity contribution >= 4 is 0 Å². The van der Waals surface area contributed by atoms with Crippen molar-refractivity contribution in [3.05, 3.63) is 6.42 Å². The van der Waals surface area contributed by atoms with Crippen molar-refractivity contribution in [2.24, 2.45) is 0 Å². The van der Waals surface area contributed by atoms with Crippen LogP contribution in [0.25, 0.3) is 0 Å². The number of nitrogens with zero attached hydrogens (tertiary/aromatic N) is 1. The van der Waals surface area contributed by atoms with Crippen molar-refractivity contribution in [2.45, 2.75) is 19.4 Å². The molecule has 1 unspecified atom stereocenters. The van der Waals surface area contributed by atoms with Gasteiger partial charge in [0.1, 0.15) is 0 Å². The third-order valence-electron chi connectivity index (χ3n) is 1.69. The fraction of sp³-hybridized carbons (Fsp3) is 0.857. The Balaban J connectivity index is 2.14. The molecule has 0 amide bonds. The molecule has 1 fully saturated rings. The number of aliphatic hydroxyl groups is 1. The number of hydrogen-bond acceptors (Lipinski definition) is 2. The van der Waals surface area contributed by atoms with Crippen molar-refractivity contribution in [3.63, 3.8) is 0 Å². The van der Waals surface area contributed by atoms with Crippen LogP contribution in [0, 0.1) is 6.42 Å². The monoisotopic (exact) mass is 128 g/mol. The van der Waals surface area contributed by atoms with Crippen LogP contribution in [0.4, 0.5) is 0 Å². The maximum atomic E-state index is 9.07. The van der Waals surface area contributed by atoms with Gasteiger partial charge in [0.2, 0.25) is 0 Å². The molecule has 1 rings (SSSR count). The highest BCUT2D eigenvalue weighted by Crippen LogP contribution is 2.07. The van der Waals surface area contributed by atoms with Gasteiger partial charge in [0.25, 0.3) is 0 Å². The van der Waals surface area contributed by atoms with E-state index < -0.39 is 0 Å². The van der Waals surface area contributed by atoms with E-state index in [0.717, 1.165) is 26.1 Å². The van der Waals surface area contributed by atoms with Gasteiger partial charge >= 0.3 is 0 Å². The van der Waals surface area contributed by atoms with Crippen LogP contribution in [-0.2, 0) is 0 Å². The van der Waals surface area contributed by atoms with E-state index in [1.165, 1.54) is 0 Å².